The molecule has 0 bridgehead atoms. The zero-order valence-electron chi connectivity index (χ0n) is 10.9. The minimum Gasteiger partial charge on any atom is -0.381 e. The third kappa shape index (κ3) is 4.43. The maximum absolute atomic E-state index is 11.8. The number of rotatable bonds is 5. The topological polar surface area (TPSA) is 54.0 Å². The van der Waals surface area contributed by atoms with Gasteiger partial charge in [0, 0.05) is 24.5 Å². The van der Waals surface area contributed by atoms with E-state index in [1.807, 2.05) is 19.9 Å². The molecule has 4 heteroatoms. The average Bonchev–Trinajstić information content (AvgIpc) is 2.28. The van der Waals surface area contributed by atoms with E-state index < -0.39 is 0 Å². The first-order valence-electron chi connectivity index (χ1n) is 6.05. The summed E-state index contributed by atoms with van der Waals surface area (Å²) < 4.78 is 0. The third-order valence-corrected chi connectivity index (χ3v) is 2.45. The van der Waals surface area contributed by atoms with Gasteiger partial charge in [-0.15, -0.1) is 0 Å². The molecular formula is C13H21N3O. The second-order valence-electron chi connectivity index (χ2n) is 4.54. The van der Waals surface area contributed by atoms with E-state index in [2.05, 4.69) is 29.5 Å². The largest absolute Gasteiger partial charge is 0.381 e. The number of hydrogen-bond acceptors (Lipinski definition) is 3. The Kier molecular flexibility index (Phi) is 4.94. The van der Waals surface area contributed by atoms with E-state index in [1.165, 1.54) is 0 Å². The lowest BCUT2D eigenvalue weighted by molar-refractivity contribution is 0.0943. The summed E-state index contributed by atoms with van der Waals surface area (Å²) in [6, 6.07) is 2.34. The second kappa shape index (κ2) is 6.23. The Morgan fingerprint density at radius 2 is 2.06 bits per heavy atom. The smallest absolute Gasteiger partial charge is 0.253 e. The molecule has 1 unspecified atom stereocenters. The molecule has 0 saturated heterocycles. The van der Waals surface area contributed by atoms with Gasteiger partial charge in [0.15, 0.2) is 0 Å². The molecule has 0 aromatic carbocycles. The third-order valence-electron chi connectivity index (χ3n) is 2.45. The van der Waals surface area contributed by atoms with E-state index in [1.54, 1.807) is 12.4 Å². The number of aromatic nitrogens is 1. The van der Waals surface area contributed by atoms with Crippen molar-refractivity contribution < 1.29 is 4.79 Å². The number of nitrogens with zero attached hydrogens (tertiary/aromatic N) is 1. The lowest BCUT2D eigenvalue weighted by Crippen LogP contribution is -2.30. The predicted octanol–water partition coefficient (Wildman–Crippen LogP) is 2.43. The molecule has 94 valence electrons. The van der Waals surface area contributed by atoms with Crippen molar-refractivity contribution in [2.24, 2.45) is 0 Å². The van der Waals surface area contributed by atoms with E-state index in [4.69, 9.17) is 0 Å². The Hall–Kier alpha value is -1.58. The van der Waals surface area contributed by atoms with Crippen LogP contribution in [0.1, 0.15) is 44.5 Å². The predicted molar refractivity (Wildman–Crippen MR) is 70.2 cm³/mol. The van der Waals surface area contributed by atoms with Crippen LogP contribution in [0.2, 0.25) is 0 Å². The molecule has 17 heavy (non-hydrogen) atoms. The molecule has 1 aromatic heterocycles. The lowest BCUT2D eigenvalue weighted by Gasteiger charge is -2.13. The summed E-state index contributed by atoms with van der Waals surface area (Å²) in [6.07, 6.45) is 4.35. The molecule has 0 aliphatic carbocycles. The number of carbonyl (C=O) groups is 1. The lowest BCUT2D eigenvalue weighted by atomic mass is 10.2. The van der Waals surface area contributed by atoms with Crippen LogP contribution in [0.5, 0.6) is 0 Å². The maximum atomic E-state index is 11.8. The Morgan fingerprint density at radius 1 is 1.35 bits per heavy atom. The molecule has 0 aliphatic rings. The number of anilines is 1. The minimum atomic E-state index is -0.0831. The average molecular weight is 235 g/mol. The molecule has 0 saturated carbocycles. The zero-order valence-corrected chi connectivity index (χ0v) is 10.9. The summed E-state index contributed by atoms with van der Waals surface area (Å²) in [4.78, 5) is 15.9. The van der Waals surface area contributed by atoms with Gasteiger partial charge in [-0.3, -0.25) is 9.78 Å². The fraction of sp³-hybridized carbons (Fsp3) is 0.538. The van der Waals surface area contributed by atoms with Gasteiger partial charge in [0.1, 0.15) is 0 Å². The van der Waals surface area contributed by atoms with Crippen molar-refractivity contribution in [3.8, 4) is 0 Å². The van der Waals surface area contributed by atoms with Gasteiger partial charge in [0.05, 0.1) is 11.3 Å². The highest BCUT2D eigenvalue weighted by Gasteiger charge is 2.08. The summed E-state index contributed by atoms with van der Waals surface area (Å²) in [5.41, 5.74) is 1.47. The van der Waals surface area contributed by atoms with Gasteiger partial charge in [-0.25, -0.2) is 0 Å². The highest BCUT2D eigenvalue weighted by Crippen LogP contribution is 2.10. The van der Waals surface area contributed by atoms with Crippen LogP contribution in [-0.4, -0.2) is 23.0 Å². The standard InChI is InChI=1S/C13H21N3O/c1-5-10(4)16-12-6-11(7-14-8-12)13(17)15-9(2)3/h6-10,16H,5H2,1-4H3,(H,15,17). The molecule has 2 N–H and O–H groups in total. The fourth-order valence-corrected chi connectivity index (χ4v) is 1.38. The number of amides is 1. The highest BCUT2D eigenvalue weighted by molar-refractivity contribution is 5.94. The molecule has 1 aromatic rings. The molecular weight excluding hydrogens is 214 g/mol. The Balaban J connectivity index is 2.75. The fourth-order valence-electron chi connectivity index (χ4n) is 1.38. The molecule has 0 spiro atoms. The summed E-state index contributed by atoms with van der Waals surface area (Å²) >= 11 is 0. The SMILES string of the molecule is CCC(C)Nc1cncc(C(=O)NC(C)C)c1. The monoisotopic (exact) mass is 235 g/mol. The Bertz CT molecular complexity index is 377. The molecule has 1 amide bonds. The van der Waals surface area contributed by atoms with E-state index in [0.717, 1.165) is 12.1 Å². The van der Waals surface area contributed by atoms with Gasteiger partial charge in [-0.1, -0.05) is 6.92 Å². The molecule has 0 radical (unpaired) electrons. The molecule has 4 nitrogen and oxygen atoms in total. The molecule has 0 fully saturated rings. The first-order chi connectivity index (χ1) is 8.02. The van der Waals surface area contributed by atoms with Crippen LogP contribution in [0.15, 0.2) is 18.5 Å². The van der Waals surface area contributed by atoms with E-state index >= 15 is 0 Å². The molecule has 1 rings (SSSR count). The number of carbonyl (C=O) groups excluding carboxylic acids is 1. The summed E-state index contributed by atoms with van der Waals surface area (Å²) in [7, 11) is 0. The summed E-state index contributed by atoms with van der Waals surface area (Å²) in [5, 5.41) is 6.14. The van der Waals surface area contributed by atoms with Crippen LogP contribution < -0.4 is 10.6 Å². The van der Waals surface area contributed by atoms with Crippen molar-refractivity contribution >= 4 is 11.6 Å². The Labute approximate surface area is 103 Å². The first-order valence-corrected chi connectivity index (χ1v) is 6.05. The minimum absolute atomic E-state index is 0.0831. The van der Waals surface area contributed by atoms with Crippen molar-refractivity contribution in [1.82, 2.24) is 10.3 Å². The van der Waals surface area contributed by atoms with Crippen LogP contribution in [0.25, 0.3) is 0 Å². The van der Waals surface area contributed by atoms with Crippen molar-refractivity contribution in [1.29, 1.82) is 0 Å². The van der Waals surface area contributed by atoms with E-state index in [-0.39, 0.29) is 11.9 Å². The van der Waals surface area contributed by atoms with Gasteiger partial charge in [-0.05, 0) is 33.3 Å². The Morgan fingerprint density at radius 3 is 2.65 bits per heavy atom. The first kappa shape index (κ1) is 13.5. The van der Waals surface area contributed by atoms with Gasteiger partial charge in [0.2, 0.25) is 0 Å². The summed E-state index contributed by atoms with van der Waals surface area (Å²) in [5.74, 6) is -0.0831. The number of hydrogen-bond donors (Lipinski definition) is 2. The van der Waals surface area contributed by atoms with Crippen LogP contribution in [0.4, 0.5) is 5.69 Å². The maximum Gasteiger partial charge on any atom is 0.253 e. The molecule has 0 aliphatic heterocycles. The highest BCUT2D eigenvalue weighted by atomic mass is 16.1. The van der Waals surface area contributed by atoms with Gasteiger partial charge in [-0.2, -0.15) is 0 Å². The number of pyridine rings is 1. The van der Waals surface area contributed by atoms with Crippen molar-refractivity contribution in [3.05, 3.63) is 24.0 Å². The van der Waals surface area contributed by atoms with Crippen molar-refractivity contribution in [2.45, 2.75) is 46.2 Å². The van der Waals surface area contributed by atoms with Gasteiger partial charge >= 0.3 is 0 Å². The van der Waals surface area contributed by atoms with Gasteiger partial charge in [0.25, 0.3) is 5.91 Å². The molecule has 1 heterocycles. The number of nitrogens with one attached hydrogen (secondary N) is 2. The van der Waals surface area contributed by atoms with E-state index in [0.29, 0.717) is 11.6 Å². The molecule has 1 atom stereocenters. The van der Waals surface area contributed by atoms with Gasteiger partial charge < -0.3 is 10.6 Å². The van der Waals surface area contributed by atoms with Crippen molar-refractivity contribution in [2.75, 3.05) is 5.32 Å². The normalized spacial score (nSPS) is 12.3. The summed E-state index contributed by atoms with van der Waals surface area (Å²) in [6.45, 7) is 8.08. The van der Waals surface area contributed by atoms with Crippen LogP contribution in [0, 0.1) is 0 Å². The van der Waals surface area contributed by atoms with Crippen LogP contribution in [0.3, 0.4) is 0 Å². The quantitative estimate of drug-likeness (QED) is 0.824. The van der Waals surface area contributed by atoms with Crippen LogP contribution in [-0.2, 0) is 0 Å². The van der Waals surface area contributed by atoms with Crippen LogP contribution >= 0.6 is 0 Å². The zero-order chi connectivity index (χ0) is 12.8. The second-order valence-corrected chi connectivity index (χ2v) is 4.54. The van der Waals surface area contributed by atoms with E-state index in [9.17, 15) is 4.79 Å². The van der Waals surface area contributed by atoms with Crippen molar-refractivity contribution in [3.63, 3.8) is 0 Å².